The summed E-state index contributed by atoms with van der Waals surface area (Å²) >= 11 is 0. The van der Waals surface area contributed by atoms with Gasteiger partial charge < -0.3 is 9.47 Å². The van der Waals surface area contributed by atoms with E-state index >= 15 is 0 Å². The van der Waals surface area contributed by atoms with E-state index in [0.29, 0.717) is 19.1 Å². The Labute approximate surface area is 103 Å². The van der Waals surface area contributed by atoms with Gasteiger partial charge in [0.1, 0.15) is 0 Å². The summed E-state index contributed by atoms with van der Waals surface area (Å²) in [5.74, 6) is 4.88. The first kappa shape index (κ1) is 14.4. The fourth-order valence-corrected chi connectivity index (χ4v) is 2.19. The first-order valence-corrected chi connectivity index (χ1v) is 6.38. The molecule has 0 aromatic rings. The van der Waals surface area contributed by atoms with E-state index in [2.05, 4.69) is 19.3 Å². The Morgan fingerprint density at radius 3 is 2.59 bits per heavy atom. The minimum atomic E-state index is -0.113. The lowest BCUT2D eigenvalue weighted by Gasteiger charge is -2.32. The predicted molar refractivity (Wildman–Crippen MR) is 65.2 cm³/mol. The number of carbonyl (C=O) groups excluding carboxylic acids is 1. The van der Waals surface area contributed by atoms with Crippen molar-refractivity contribution in [2.24, 2.45) is 5.84 Å². The Morgan fingerprint density at radius 1 is 1.35 bits per heavy atom. The average molecular weight is 244 g/mol. The van der Waals surface area contributed by atoms with Crippen LogP contribution in [0.15, 0.2) is 0 Å². The third-order valence-electron chi connectivity index (χ3n) is 2.97. The molecule has 0 aliphatic carbocycles. The molecule has 1 heterocycles. The average Bonchev–Trinajstić information content (AvgIpc) is 2.27. The van der Waals surface area contributed by atoms with Crippen LogP contribution in [0.1, 0.15) is 46.0 Å². The molecule has 1 saturated heterocycles. The molecule has 2 unspecified atom stereocenters. The molecule has 0 bridgehead atoms. The van der Waals surface area contributed by atoms with Gasteiger partial charge in [0.25, 0.3) is 0 Å². The number of unbranched alkanes of at least 4 members (excludes halogenated alkanes) is 1. The Balaban J connectivity index is 2.04. The fourth-order valence-electron chi connectivity index (χ4n) is 2.19. The van der Waals surface area contributed by atoms with Crippen molar-refractivity contribution in [3.05, 3.63) is 0 Å². The summed E-state index contributed by atoms with van der Waals surface area (Å²) in [4.78, 5) is 10.9. The highest BCUT2D eigenvalue weighted by Crippen LogP contribution is 2.21. The smallest absolute Gasteiger partial charge is 0.233 e. The van der Waals surface area contributed by atoms with Crippen molar-refractivity contribution in [1.82, 2.24) is 5.43 Å². The van der Waals surface area contributed by atoms with Crippen molar-refractivity contribution in [1.29, 1.82) is 0 Å². The van der Waals surface area contributed by atoms with Gasteiger partial charge in [-0.05, 0) is 39.5 Å². The standard InChI is InChI=1S/C12H24N2O3/c1-9-7-11(8-10(2)17-9)16-6-4-3-5-12(15)14-13/h9-11H,3-8,13H2,1-2H3,(H,14,15). The molecule has 1 rings (SSSR count). The number of nitrogens with one attached hydrogen (secondary N) is 1. The summed E-state index contributed by atoms with van der Waals surface area (Å²) in [5.41, 5.74) is 2.12. The van der Waals surface area contributed by atoms with Gasteiger partial charge in [0.05, 0.1) is 18.3 Å². The second-order valence-corrected chi connectivity index (χ2v) is 4.75. The Hall–Kier alpha value is -0.650. The SMILES string of the molecule is CC1CC(OCCCCC(=O)NN)CC(C)O1. The molecule has 3 N–H and O–H groups in total. The molecule has 0 aromatic heterocycles. The van der Waals surface area contributed by atoms with Gasteiger partial charge >= 0.3 is 0 Å². The van der Waals surface area contributed by atoms with Gasteiger partial charge in [-0.25, -0.2) is 5.84 Å². The number of ether oxygens (including phenoxy) is 2. The molecule has 0 aromatic carbocycles. The van der Waals surface area contributed by atoms with E-state index < -0.39 is 0 Å². The van der Waals surface area contributed by atoms with Gasteiger partial charge in [0, 0.05) is 13.0 Å². The molecule has 17 heavy (non-hydrogen) atoms. The minimum absolute atomic E-state index is 0.113. The van der Waals surface area contributed by atoms with Gasteiger partial charge in [0.2, 0.25) is 5.91 Å². The molecule has 1 amide bonds. The van der Waals surface area contributed by atoms with Crippen LogP contribution in [0.5, 0.6) is 0 Å². The molecule has 5 heteroatoms. The minimum Gasteiger partial charge on any atom is -0.378 e. The maximum atomic E-state index is 10.9. The molecule has 2 atom stereocenters. The third kappa shape index (κ3) is 6.00. The zero-order valence-electron chi connectivity index (χ0n) is 10.8. The molecule has 1 aliphatic heterocycles. The largest absolute Gasteiger partial charge is 0.378 e. The first-order chi connectivity index (χ1) is 8.11. The van der Waals surface area contributed by atoms with Gasteiger partial charge in [0.15, 0.2) is 0 Å². The molecule has 0 spiro atoms. The Kier molecular flexibility index (Phi) is 6.47. The van der Waals surface area contributed by atoms with E-state index in [4.69, 9.17) is 15.3 Å². The van der Waals surface area contributed by atoms with E-state index in [1.54, 1.807) is 0 Å². The molecule has 5 nitrogen and oxygen atoms in total. The van der Waals surface area contributed by atoms with E-state index in [1.165, 1.54) is 0 Å². The van der Waals surface area contributed by atoms with Crippen LogP contribution in [-0.4, -0.2) is 30.8 Å². The van der Waals surface area contributed by atoms with Crippen molar-refractivity contribution >= 4 is 5.91 Å². The summed E-state index contributed by atoms with van der Waals surface area (Å²) < 4.78 is 11.4. The first-order valence-electron chi connectivity index (χ1n) is 6.38. The van der Waals surface area contributed by atoms with Crippen LogP contribution in [0, 0.1) is 0 Å². The normalized spacial score (nSPS) is 29.0. The summed E-state index contributed by atoms with van der Waals surface area (Å²) in [6, 6.07) is 0. The van der Waals surface area contributed by atoms with Crippen molar-refractivity contribution < 1.29 is 14.3 Å². The van der Waals surface area contributed by atoms with Crippen LogP contribution in [0.4, 0.5) is 0 Å². The quantitative estimate of drug-likeness (QED) is 0.318. The Bertz CT molecular complexity index is 226. The van der Waals surface area contributed by atoms with Crippen LogP contribution < -0.4 is 11.3 Å². The van der Waals surface area contributed by atoms with Crippen molar-refractivity contribution in [2.45, 2.75) is 64.3 Å². The van der Waals surface area contributed by atoms with Gasteiger partial charge in [-0.3, -0.25) is 10.2 Å². The van der Waals surface area contributed by atoms with E-state index in [-0.39, 0.29) is 18.1 Å². The highest BCUT2D eigenvalue weighted by Gasteiger charge is 2.24. The van der Waals surface area contributed by atoms with Crippen molar-refractivity contribution in [3.63, 3.8) is 0 Å². The highest BCUT2D eigenvalue weighted by atomic mass is 16.5. The molecule has 0 saturated carbocycles. The maximum Gasteiger partial charge on any atom is 0.233 e. The number of carbonyl (C=O) groups is 1. The monoisotopic (exact) mass is 244 g/mol. The maximum absolute atomic E-state index is 10.9. The molecule has 1 aliphatic rings. The van der Waals surface area contributed by atoms with Crippen LogP contribution in [0.3, 0.4) is 0 Å². The summed E-state index contributed by atoms with van der Waals surface area (Å²) in [5, 5.41) is 0. The lowest BCUT2D eigenvalue weighted by Crippen LogP contribution is -2.34. The summed E-state index contributed by atoms with van der Waals surface area (Å²) in [6.07, 6.45) is 4.99. The lowest BCUT2D eigenvalue weighted by atomic mass is 10.0. The molecule has 1 fully saturated rings. The second kappa shape index (κ2) is 7.63. The number of hydrogen-bond donors (Lipinski definition) is 2. The lowest BCUT2D eigenvalue weighted by molar-refractivity contribution is -0.121. The fraction of sp³-hybridized carbons (Fsp3) is 0.917. The zero-order chi connectivity index (χ0) is 12.7. The van der Waals surface area contributed by atoms with Crippen molar-refractivity contribution in [3.8, 4) is 0 Å². The van der Waals surface area contributed by atoms with E-state index in [1.807, 2.05) is 0 Å². The zero-order valence-corrected chi connectivity index (χ0v) is 10.8. The van der Waals surface area contributed by atoms with Gasteiger partial charge in [-0.15, -0.1) is 0 Å². The van der Waals surface area contributed by atoms with Crippen LogP contribution in [0.25, 0.3) is 0 Å². The van der Waals surface area contributed by atoms with Crippen LogP contribution in [-0.2, 0) is 14.3 Å². The van der Waals surface area contributed by atoms with Crippen LogP contribution in [0.2, 0.25) is 0 Å². The topological polar surface area (TPSA) is 73.6 Å². The number of amides is 1. The highest BCUT2D eigenvalue weighted by molar-refractivity contribution is 5.74. The van der Waals surface area contributed by atoms with Crippen molar-refractivity contribution in [2.75, 3.05) is 6.61 Å². The number of nitrogens with two attached hydrogens (primary N) is 1. The molecule has 100 valence electrons. The van der Waals surface area contributed by atoms with Gasteiger partial charge in [-0.1, -0.05) is 0 Å². The summed E-state index contributed by atoms with van der Waals surface area (Å²) in [7, 11) is 0. The van der Waals surface area contributed by atoms with E-state index in [0.717, 1.165) is 25.7 Å². The van der Waals surface area contributed by atoms with Crippen LogP contribution >= 0.6 is 0 Å². The van der Waals surface area contributed by atoms with E-state index in [9.17, 15) is 4.79 Å². The summed E-state index contributed by atoms with van der Waals surface area (Å²) in [6.45, 7) is 4.87. The number of hydrogen-bond acceptors (Lipinski definition) is 4. The molecule has 0 radical (unpaired) electrons. The Morgan fingerprint density at radius 2 is 2.00 bits per heavy atom. The predicted octanol–water partition coefficient (Wildman–Crippen LogP) is 1.12. The third-order valence-corrected chi connectivity index (χ3v) is 2.97. The number of rotatable bonds is 6. The number of hydrazine groups is 1. The van der Waals surface area contributed by atoms with Gasteiger partial charge in [-0.2, -0.15) is 0 Å². The second-order valence-electron chi connectivity index (χ2n) is 4.75. The molecular formula is C12H24N2O3. The molecular weight excluding hydrogens is 220 g/mol.